The predicted octanol–water partition coefficient (Wildman–Crippen LogP) is 4.05. The standard InChI is InChI=1S/C21H32ClN3O2/c1-24(21(26)17-12-18(22)19(23)13-20(17)27-2)16-8-10-25(11-9-16)14-15-6-4-3-5-7-15/h12-13,15-16H,3-11,14,23H2,1-2H3. The molecule has 6 heteroatoms. The summed E-state index contributed by atoms with van der Waals surface area (Å²) in [5.74, 6) is 1.29. The molecule has 1 aromatic rings. The number of nitrogen functional groups attached to an aromatic ring is 1. The lowest BCUT2D eigenvalue weighted by atomic mass is 9.88. The van der Waals surface area contributed by atoms with Gasteiger partial charge in [-0.25, -0.2) is 0 Å². The molecule has 1 saturated heterocycles. The van der Waals surface area contributed by atoms with Crippen LogP contribution >= 0.6 is 11.6 Å². The van der Waals surface area contributed by atoms with Gasteiger partial charge in [-0.15, -0.1) is 0 Å². The zero-order chi connectivity index (χ0) is 19.4. The second kappa shape index (κ2) is 9.16. The van der Waals surface area contributed by atoms with E-state index in [2.05, 4.69) is 4.90 Å². The second-order valence-electron chi connectivity index (χ2n) is 8.03. The number of rotatable bonds is 5. The van der Waals surface area contributed by atoms with Crippen LogP contribution in [0.25, 0.3) is 0 Å². The minimum absolute atomic E-state index is 0.0560. The Morgan fingerprint density at radius 1 is 1.22 bits per heavy atom. The van der Waals surface area contributed by atoms with Gasteiger partial charge in [-0.1, -0.05) is 30.9 Å². The fraction of sp³-hybridized carbons (Fsp3) is 0.667. The molecule has 1 aromatic carbocycles. The lowest BCUT2D eigenvalue weighted by Crippen LogP contribution is -2.46. The molecule has 3 rings (SSSR count). The Balaban J connectivity index is 1.58. The topological polar surface area (TPSA) is 58.8 Å². The van der Waals surface area contributed by atoms with Gasteiger partial charge in [0.1, 0.15) is 5.75 Å². The van der Waals surface area contributed by atoms with Crippen molar-refractivity contribution in [1.82, 2.24) is 9.80 Å². The van der Waals surface area contributed by atoms with Crippen LogP contribution in [0.4, 0.5) is 5.69 Å². The molecule has 0 bridgehead atoms. The van der Waals surface area contributed by atoms with Gasteiger partial charge in [0.05, 0.1) is 23.4 Å². The molecule has 27 heavy (non-hydrogen) atoms. The van der Waals surface area contributed by atoms with E-state index in [1.54, 1.807) is 19.2 Å². The van der Waals surface area contributed by atoms with E-state index in [1.165, 1.54) is 38.6 Å². The largest absolute Gasteiger partial charge is 0.496 e. The van der Waals surface area contributed by atoms with Gasteiger partial charge in [0.15, 0.2) is 0 Å². The van der Waals surface area contributed by atoms with Crippen LogP contribution in [0.3, 0.4) is 0 Å². The van der Waals surface area contributed by atoms with Crippen molar-refractivity contribution in [2.45, 2.75) is 51.0 Å². The summed E-state index contributed by atoms with van der Waals surface area (Å²) >= 11 is 6.13. The summed E-state index contributed by atoms with van der Waals surface area (Å²) in [5.41, 5.74) is 6.73. The number of benzene rings is 1. The number of nitrogens with two attached hydrogens (primary N) is 1. The van der Waals surface area contributed by atoms with Crippen molar-refractivity contribution < 1.29 is 9.53 Å². The number of nitrogens with zero attached hydrogens (tertiary/aromatic N) is 2. The van der Waals surface area contributed by atoms with Crippen molar-refractivity contribution in [3.63, 3.8) is 0 Å². The zero-order valence-corrected chi connectivity index (χ0v) is 17.3. The highest BCUT2D eigenvalue weighted by molar-refractivity contribution is 6.33. The molecule has 0 spiro atoms. The number of hydrogen-bond donors (Lipinski definition) is 1. The quantitative estimate of drug-likeness (QED) is 0.766. The summed E-state index contributed by atoms with van der Waals surface area (Å²) in [6, 6.07) is 3.49. The Morgan fingerprint density at radius 3 is 2.52 bits per heavy atom. The molecule has 150 valence electrons. The molecule has 1 aliphatic carbocycles. The van der Waals surface area contributed by atoms with Gasteiger partial charge < -0.3 is 20.3 Å². The molecule has 1 saturated carbocycles. The van der Waals surface area contributed by atoms with Crippen molar-refractivity contribution in [2.24, 2.45) is 5.92 Å². The number of likely N-dealkylation sites (tertiary alicyclic amines) is 1. The number of carbonyl (C=O) groups is 1. The highest BCUT2D eigenvalue weighted by Crippen LogP contribution is 2.31. The molecule has 2 aliphatic rings. The monoisotopic (exact) mass is 393 g/mol. The Kier molecular flexibility index (Phi) is 6.88. The molecule has 2 N–H and O–H groups in total. The van der Waals surface area contributed by atoms with Gasteiger partial charge in [-0.05, 0) is 37.7 Å². The predicted molar refractivity (Wildman–Crippen MR) is 111 cm³/mol. The first-order chi connectivity index (χ1) is 13.0. The molecule has 2 fully saturated rings. The fourth-order valence-corrected chi connectivity index (χ4v) is 4.65. The number of amides is 1. The van der Waals surface area contributed by atoms with Crippen LogP contribution in [0.15, 0.2) is 12.1 Å². The number of ether oxygens (including phenoxy) is 1. The van der Waals surface area contributed by atoms with Gasteiger partial charge in [0.2, 0.25) is 0 Å². The van der Waals surface area contributed by atoms with Crippen LogP contribution in [0, 0.1) is 5.92 Å². The average molecular weight is 394 g/mol. The van der Waals surface area contributed by atoms with Crippen LogP contribution < -0.4 is 10.5 Å². The first-order valence-corrected chi connectivity index (χ1v) is 10.5. The van der Waals surface area contributed by atoms with Gasteiger partial charge >= 0.3 is 0 Å². The van der Waals surface area contributed by atoms with Gasteiger partial charge in [-0.2, -0.15) is 0 Å². The molecule has 0 radical (unpaired) electrons. The molecular weight excluding hydrogens is 362 g/mol. The fourth-order valence-electron chi connectivity index (χ4n) is 4.49. The normalized spacial score (nSPS) is 19.8. The summed E-state index contributed by atoms with van der Waals surface area (Å²) in [6.07, 6.45) is 8.99. The molecule has 1 heterocycles. The van der Waals surface area contributed by atoms with Gasteiger partial charge in [0.25, 0.3) is 5.91 Å². The molecule has 0 atom stereocenters. The summed E-state index contributed by atoms with van der Waals surface area (Å²) in [7, 11) is 3.43. The Morgan fingerprint density at radius 2 is 1.89 bits per heavy atom. The van der Waals surface area contributed by atoms with Crippen LogP contribution in [0.1, 0.15) is 55.3 Å². The molecule has 1 amide bonds. The van der Waals surface area contributed by atoms with Crippen LogP contribution in [0.2, 0.25) is 5.02 Å². The number of hydrogen-bond acceptors (Lipinski definition) is 4. The summed E-state index contributed by atoms with van der Waals surface area (Å²) in [4.78, 5) is 17.5. The first-order valence-electron chi connectivity index (χ1n) is 10.1. The van der Waals surface area contributed by atoms with E-state index in [0.29, 0.717) is 22.0 Å². The maximum atomic E-state index is 13.0. The Bertz CT molecular complexity index is 653. The molecular formula is C21H32ClN3O2. The van der Waals surface area contributed by atoms with Crippen LogP contribution in [-0.2, 0) is 0 Å². The van der Waals surface area contributed by atoms with Crippen molar-refractivity contribution >= 4 is 23.2 Å². The summed E-state index contributed by atoms with van der Waals surface area (Å²) < 4.78 is 5.35. The minimum atomic E-state index is -0.0560. The van der Waals surface area contributed by atoms with E-state index in [-0.39, 0.29) is 11.9 Å². The van der Waals surface area contributed by atoms with Crippen LogP contribution in [-0.4, -0.2) is 55.5 Å². The van der Waals surface area contributed by atoms with E-state index in [4.69, 9.17) is 22.1 Å². The third-order valence-electron chi connectivity index (χ3n) is 6.22. The molecule has 1 aliphatic heterocycles. The van der Waals surface area contributed by atoms with E-state index >= 15 is 0 Å². The number of methoxy groups -OCH3 is 1. The van der Waals surface area contributed by atoms with Crippen LogP contribution in [0.5, 0.6) is 5.75 Å². The van der Waals surface area contributed by atoms with Gasteiger partial charge in [-0.3, -0.25) is 4.79 Å². The Labute approximate surface area is 167 Å². The summed E-state index contributed by atoms with van der Waals surface area (Å²) in [5, 5.41) is 0.384. The van der Waals surface area contributed by atoms with E-state index in [1.807, 2.05) is 11.9 Å². The number of carbonyl (C=O) groups excluding carboxylic acids is 1. The third kappa shape index (κ3) is 4.88. The van der Waals surface area contributed by atoms with Crippen molar-refractivity contribution in [1.29, 1.82) is 0 Å². The van der Waals surface area contributed by atoms with Gasteiger partial charge in [0, 0.05) is 38.8 Å². The average Bonchev–Trinajstić information content (AvgIpc) is 2.70. The number of anilines is 1. The second-order valence-corrected chi connectivity index (χ2v) is 8.43. The molecule has 0 unspecified atom stereocenters. The highest BCUT2D eigenvalue weighted by Gasteiger charge is 2.29. The molecule has 0 aromatic heterocycles. The maximum absolute atomic E-state index is 13.0. The van der Waals surface area contributed by atoms with Crippen molar-refractivity contribution in [3.05, 3.63) is 22.7 Å². The number of piperidine rings is 1. The van der Waals surface area contributed by atoms with Crippen molar-refractivity contribution in [3.8, 4) is 5.75 Å². The van der Waals surface area contributed by atoms with E-state index < -0.39 is 0 Å². The highest BCUT2D eigenvalue weighted by atomic mass is 35.5. The lowest BCUT2D eigenvalue weighted by molar-refractivity contribution is 0.0618. The maximum Gasteiger partial charge on any atom is 0.257 e. The zero-order valence-electron chi connectivity index (χ0n) is 16.5. The minimum Gasteiger partial charge on any atom is -0.496 e. The lowest BCUT2D eigenvalue weighted by Gasteiger charge is -2.38. The smallest absolute Gasteiger partial charge is 0.257 e. The summed E-state index contributed by atoms with van der Waals surface area (Å²) in [6.45, 7) is 3.36. The third-order valence-corrected chi connectivity index (χ3v) is 6.54. The van der Waals surface area contributed by atoms with Crippen molar-refractivity contribution in [2.75, 3.05) is 39.5 Å². The first kappa shape index (κ1) is 20.3. The molecule has 5 nitrogen and oxygen atoms in total. The SMILES string of the molecule is COc1cc(N)c(Cl)cc1C(=O)N(C)C1CCN(CC2CCCCC2)CC1. The van der Waals surface area contributed by atoms with E-state index in [0.717, 1.165) is 31.8 Å². The number of halogens is 1. The Hall–Kier alpha value is -1.46. The van der Waals surface area contributed by atoms with E-state index in [9.17, 15) is 4.79 Å².